The summed E-state index contributed by atoms with van der Waals surface area (Å²) in [5.74, 6) is 0. The molecule has 4 nitrogen and oxygen atoms in total. The molecule has 0 atom stereocenters. The van der Waals surface area contributed by atoms with Crippen molar-refractivity contribution >= 4 is 0 Å². The van der Waals surface area contributed by atoms with Crippen molar-refractivity contribution in [1.82, 2.24) is 10.2 Å². The quantitative estimate of drug-likeness (QED) is 0.721. The van der Waals surface area contributed by atoms with Crippen molar-refractivity contribution in [3.8, 4) is 6.07 Å². The lowest BCUT2D eigenvalue weighted by atomic mass is 10.1. The normalized spacial score (nSPS) is 10.7. The Morgan fingerprint density at radius 2 is 2.16 bits per heavy atom. The van der Waals surface area contributed by atoms with Gasteiger partial charge in [0.05, 0.1) is 18.2 Å². The summed E-state index contributed by atoms with van der Waals surface area (Å²) in [5.41, 5.74) is 3.14. The molecule has 0 bridgehead atoms. The van der Waals surface area contributed by atoms with Crippen LogP contribution < -0.4 is 5.32 Å². The van der Waals surface area contributed by atoms with Gasteiger partial charge in [-0.25, -0.2) is 0 Å². The molecular weight excluding hydrogens is 238 g/mol. The van der Waals surface area contributed by atoms with E-state index < -0.39 is 0 Å². The molecule has 0 radical (unpaired) electrons. The van der Waals surface area contributed by atoms with E-state index in [1.165, 1.54) is 11.1 Å². The summed E-state index contributed by atoms with van der Waals surface area (Å²) in [6.45, 7) is 6.55. The summed E-state index contributed by atoms with van der Waals surface area (Å²) in [6.07, 6.45) is 0. The number of nitrogens with zero attached hydrogens (tertiary/aromatic N) is 2. The Morgan fingerprint density at radius 3 is 2.79 bits per heavy atom. The number of methoxy groups -OCH3 is 1. The summed E-state index contributed by atoms with van der Waals surface area (Å²) in [6, 6.07) is 7.98. The second kappa shape index (κ2) is 8.65. The highest BCUT2D eigenvalue weighted by Crippen LogP contribution is 2.10. The van der Waals surface area contributed by atoms with Gasteiger partial charge in [0, 0.05) is 33.3 Å². The van der Waals surface area contributed by atoms with E-state index in [0.717, 1.165) is 38.3 Å². The number of ether oxygens (including phenoxy) is 1. The summed E-state index contributed by atoms with van der Waals surface area (Å²) in [5, 5.41) is 12.2. The SMILES string of the molecule is COCCN(C)CCNCc1ccc(C#N)cc1C. The van der Waals surface area contributed by atoms with E-state index in [1.807, 2.05) is 25.1 Å². The Morgan fingerprint density at radius 1 is 1.37 bits per heavy atom. The summed E-state index contributed by atoms with van der Waals surface area (Å²) in [4.78, 5) is 2.24. The molecule has 4 heteroatoms. The Labute approximate surface area is 116 Å². The van der Waals surface area contributed by atoms with Crippen LogP contribution in [0.15, 0.2) is 18.2 Å². The third-order valence-corrected chi connectivity index (χ3v) is 3.13. The Kier molecular flexibility index (Phi) is 7.12. The first-order chi connectivity index (χ1) is 9.17. The highest BCUT2D eigenvalue weighted by atomic mass is 16.5. The van der Waals surface area contributed by atoms with Crippen LogP contribution in [0.2, 0.25) is 0 Å². The molecule has 0 saturated heterocycles. The fraction of sp³-hybridized carbons (Fsp3) is 0.533. The lowest BCUT2D eigenvalue weighted by Crippen LogP contribution is -2.31. The van der Waals surface area contributed by atoms with Crippen LogP contribution in [0.3, 0.4) is 0 Å². The van der Waals surface area contributed by atoms with Gasteiger partial charge in [-0.1, -0.05) is 6.07 Å². The molecule has 1 aromatic rings. The van der Waals surface area contributed by atoms with Gasteiger partial charge in [0.25, 0.3) is 0 Å². The highest BCUT2D eigenvalue weighted by molar-refractivity contribution is 5.37. The number of likely N-dealkylation sites (N-methyl/N-ethyl adjacent to an activating group) is 1. The molecule has 1 aromatic carbocycles. The van der Waals surface area contributed by atoms with Crippen LogP contribution in [0.25, 0.3) is 0 Å². The number of nitrogens with one attached hydrogen (secondary N) is 1. The van der Waals surface area contributed by atoms with Crippen LogP contribution in [0, 0.1) is 18.3 Å². The average Bonchev–Trinajstić information content (AvgIpc) is 2.42. The Bertz CT molecular complexity index is 426. The van der Waals surface area contributed by atoms with Crippen molar-refractivity contribution in [1.29, 1.82) is 5.26 Å². The number of nitriles is 1. The first-order valence-corrected chi connectivity index (χ1v) is 6.55. The first kappa shape index (κ1) is 15.6. The van der Waals surface area contributed by atoms with Gasteiger partial charge < -0.3 is 15.0 Å². The second-order valence-corrected chi connectivity index (χ2v) is 4.73. The minimum atomic E-state index is 0.723. The lowest BCUT2D eigenvalue weighted by molar-refractivity contribution is 0.161. The maximum absolute atomic E-state index is 8.82. The van der Waals surface area contributed by atoms with E-state index in [-0.39, 0.29) is 0 Å². The van der Waals surface area contributed by atoms with Crippen molar-refractivity contribution < 1.29 is 4.74 Å². The summed E-state index contributed by atoms with van der Waals surface area (Å²) >= 11 is 0. The predicted molar refractivity (Wildman–Crippen MR) is 77.0 cm³/mol. The van der Waals surface area contributed by atoms with Gasteiger partial charge in [0.2, 0.25) is 0 Å². The minimum absolute atomic E-state index is 0.723. The first-order valence-electron chi connectivity index (χ1n) is 6.55. The number of aryl methyl sites for hydroxylation is 1. The fourth-order valence-corrected chi connectivity index (χ4v) is 1.82. The van der Waals surface area contributed by atoms with Crippen LogP contribution >= 0.6 is 0 Å². The molecule has 0 aromatic heterocycles. The molecule has 0 heterocycles. The smallest absolute Gasteiger partial charge is 0.0991 e. The molecule has 104 valence electrons. The minimum Gasteiger partial charge on any atom is -0.383 e. The third-order valence-electron chi connectivity index (χ3n) is 3.13. The highest BCUT2D eigenvalue weighted by Gasteiger charge is 2.01. The lowest BCUT2D eigenvalue weighted by Gasteiger charge is -2.16. The molecule has 1 rings (SSSR count). The average molecular weight is 261 g/mol. The van der Waals surface area contributed by atoms with Crippen LogP contribution in [0.4, 0.5) is 0 Å². The summed E-state index contributed by atoms with van der Waals surface area (Å²) < 4.78 is 5.04. The van der Waals surface area contributed by atoms with Crippen molar-refractivity contribution in [3.63, 3.8) is 0 Å². The third kappa shape index (κ3) is 5.84. The second-order valence-electron chi connectivity index (χ2n) is 4.73. The summed E-state index contributed by atoms with van der Waals surface area (Å²) in [7, 11) is 3.81. The standard InChI is InChI=1S/C15H23N3O/c1-13-10-14(11-16)4-5-15(13)12-17-6-7-18(2)8-9-19-3/h4-5,10,17H,6-9,12H2,1-3H3. The molecule has 19 heavy (non-hydrogen) atoms. The monoisotopic (exact) mass is 261 g/mol. The van der Waals surface area contributed by atoms with Gasteiger partial charge in [0.15, 0.2) is 0 Å². The number of hydrogen-bond donors (Lipinski definition) is 1. The predicted octanol–water partition coefficient (Wildman–Crippen LogP) is 1.53. The van der Waals surface area contributed by atoms with Gasteiger partial charge in [0.1, 0.15) is 0 Å². The van der Waals surface area contributed by atoms with E-state index in [9.17, 15) is 0 Å². The van der Waals surface area contributed by atoms with E-state index >= 15 is 0 Å². The van der Waals surface area contributed by atoms with Crippen LogP contribution in [-0.2, 0) is 11.3 Å². The number of benzene rings is 1. The zero-order valence-electron chi connectivity index (χ0n) is 12.1. The number of rotatable bonds is 8. The molecule has 0 amide bonds. The van der Waals surface area contributed by atoms with Gasteiger partial charge in [-0.05, 0) is 37.2 Å². The number of hydrogen-bond acceptors (Lipinski definition) is 4. The topological polar surface area (TPSA) is 48.3 Å². The van der Waals surface area contributed by atoms with Crippen molar-refractivity contribution in [2.75, 3.05) is 40.4 Å². The zero-order chi connectivity index (χ0) is 14.1. The maximum atomic E-state index is 8.82. The zero-order valence-corrected chi connectivity index (χ0v) is 12.1. The van der Waals surface area contributed by atoms with Crippen molar-refractivity contribution in [3.05, 3.63) is 34.9 Å². The Hall–Kier alpha value is -1.41. The van der Waals surface area contributed by atoms with E-state index in [4.69, 9.17) is 10.00 Å². The maximum Gasteiger partial charge on any atom is 0.0991 e. The fourth-order valence-electron chi connectivity index (χ4n) is 1.82. The molecule has 0 aliphatic rings. The van der Waals surface area contributed by atoms with Gasteiger partial charge in [-0.15, -0.1) is 0 Å². The van der Waals surface area contributed by atoms with Crippen LogP contribution in [0.1, 0.15) is 16.7 Å². The molecule has 0 fully saturated rings. The van der Waals surface area contributed by atoms with Crippen LogP contribution in [-0.4, -0.2) is 45.3 Å². The Balaban J connectivity index is 2.28. The molecule has 0 saturated carbocycles. The van der Waals surface area contributed by atoms with Gasteiger partial charge >= 0.3 is 0 Å². The molecule has 1 N–H and O–H groups in total. The van der Waals surface area contributed by atoms with Crippen LogP contribution in [0.5, 0.6) is 0 Å². The van der Waals surface area contributed by atoms with E-state index in [2.05, 4.69) is 23.3 Å². The largest absolute Gasteiger partial charge is 0.383 e. The van der Waals surface area contributed by atoms with Crippen molar-refractivity contribution in [2.24, 2.45) is 0 Å². The van der Waals surface area contributed by atoms with E-state index in [1.54, 1.807) is 7.11 Å². The van der Waals surface area contributed by atoms with E-state index in [0.29, 0.717) is 0 Å². The van der Waals surface area contributed by atoms with Gasteiger partial charge in [-0.2, -0.15) is 5.26 Å². The van der Waals surface area contributed by atoms with Crippen molar-refractivity contribution in [2.45, 2.75) is 13.5 Å². The molecule has 0 aliphatic heterocycles. The van der Waals surface area contributed by atoms with Gasteiger partial charge in [-0.3, -0.25) is 0 Å². The molecule has 0 unspecified atom stereocenters. The molecule has 0 spiro atoms. The molecule has 0 aliphatic carbocycles. The molecular formula is C15H23N3O.